The lowest BCUT2D eigenvalue weighted by atomic mass is 10.3. The van der Waals surface area contributed by atoms with E-state index < -0.39 is 4.92 Å². The number of nitrogens with zero attached hydrogens (tertiary/aromatic N) is 3. The first kappa shape index (κ1) is 15.5. The Hall–Kier alpha value is -1.86. The number of rotatable bonds is 6. The van der Waals surface area contributed by atoms with Gasteiger partial charge in [0.1, 0.15) is 5.82 Å². The predicted octanol–water partition coefficient (Wildman–Crippen LogP) is 3.77. The standard InChI is InChI=1S/C13H15ClN4O2S/c1-3-15-12-7-5-10(18(19)20)13(16-12)17(2)8-9-4-6-11(14)21-9/h4-7H,3,8H2,1-2H3,(H,15,16). The van der Waals surface area contributed by atoms with Gasteiger partial charge in [0.15, 0.2) is 0 Å². The zero-order valence-electron chi connectivity index (χ0n) is 11.7. The molecule has 8 heteroatoms. The van der Waals surface area contributed by atoms with Gasteiger partial charge in [0.2, 0.25) is 5.82 Å². The minimum Gasteiger partial charge on any atom is -0.370 e. The molecule has 1 N–H and O–H groups in total. The maximum Gasteiger partial charge on any atom is 0.311 e. The van der Waals surface area contributed by atoms with Gasteiger partial charge in [-0.05, 0) is 25.1 Å². The predicted molar refractivity (Wildman–Crippen MR) is 86.5 cm³/mol. The minimum absolute atomic E-state index is 0.0122. The average Bonchev–Trinajstić information content (AvgIpc) is 2.84. The van der Waals surface area contributed by atoms with Gasteiger partial charge in [-0.1, -0.05) is 11.6 Å². The van der Waals surface area contributed by atoms with Crippen molar-refractivity contribution in [3.63, 3.8) is 0 Å². The van der Waals surface area contributed by atoms with Crippen molar-refractivity contribution in [2.45, 2.75) is 13.5 Å². The number of nitrogens with one attached hydrogen (secondary N) is 1. The summed E-state index contributed by atoms with van der Waals surface area (Å²) < 4.78 is 0.697. The third-order valence-corrected chi connectivity index (χ3v) is 4.01. The fourth-order valence-electron chi connectivity index (χ4n) is 1.89. The number of pyridine rings is 1. The van der Waals surface area contributed by atoms with Crippen LogP contribution < -0.4 is 10.2 Å². The number of hydrogen-bond acceptors (Lipinski definition) is 6. The van der Waals surface area contributed by atoms with Gasteiger partial charge in [0.05, 0.1) is 15.8 Å². The molecular formula is C13H15ClN4O2S. The van der Waals surface area contributed by atoms with E-state index in [0.29, 0.717) is 29.1 Å². The molecule has 0 saturated heterocycles. The largest absolute Gasteiger partial charge is 0.370 e. The van der Waals surface area contributed by atoms with Crippen molar-refractivity contribution in [1.82, 2.24) is 4.98 Å². The molecule has 0 atom stereocenters. The van der Waals surface area contributed by atoms with Crippen LogP contribution in [0.4, 0.5) is 17.3 Å². The zero-order valence-corrected chi connectivity index (χ0v) is 13.2. The molecule has 0 unspecified atom stereocenters. The Morgan fingerprint density at radius 2 is 2.19 bits per heavy atom. The third kappa shape index (κ3) is 3.83. The molecule has 0 aliphatic heterocycles. The Kier molecular flexibility index (Phi) is 4.98. The van der Waals surface area contributed by atoms with Crippen LogP contribution in [0.1, 0.15) is 11.8 Å². The molecule has 0 aromatic carbocycles. The molecule has 0 fully saturated rings. The van der Waals surface area contributed by atoms with E-state index in [9.17, 15) is 10.1 Å². The summed E-state index contributed by atoms with van der Waals surface area (Å²) in [7, 11) is 1.78. The summed E-state index contributed by atoms with van der Waals surface area (Å²) in [6.45, 7) is 3.16. The number of thiophene rings is 1. The number of anilines is 2. The molecule has 0 amide bonds. The van der Waals surface area contributed by atoms with Gasteiger partial charge in [-0.2, -0.15) is 0 Å². The van der Waals surface area contributed by atoms with E-state index >= 15 is 0 Å². The monoisotopic (exact) mass is 326 g/mol. The van der Waals surface area contributed by atoms with E-state index in [4.69, 9.17) is 11.6 Å². The Morgan fingerprint density at radius 1 is 1.43 bits per heavy atom. The molecule has 0 aliphatic rings. The first-order valence-corrected chi connectivity index (χ1v) is 7.55. The van der Waals surface area contributed by atoms with Crippen LogP contribution in [0.25, 0.3) is 0 Å². The van der Waals surface area contributed by atoms with Crippen LogP contribution in [0.2, 0.25) is 4.34 Å². The molecule has 0 saturated carbocycles. The van der Waals surface area contributed by atoms with E-state index in [2.05, 4.69) is 10.3 Å². The van der Waals surface area contributed by atoms with Gasteiger partial charge in [0, 0.05) is 24.5 Å². The van der Waals surface area contributed by atoms with Crippen molar-refractivity contribution in [2.24, 2.45) is 0 Å². The summed E-state index contributed by atoms with van der Waals surface area (Å²) in [6, 6.07) is 6.80. The molecule has 0 bridgehead atoms. The third-order valence-electron chi connectivity index (χ3n) is 2.79. The molecule has 2 aromatic rings. The molecule has 0 aliphatic carbocycles. The van der Waals surface area contributed by atoms with Crippen molar-refractivity contribution < 1.29 is 4.92 Å². The SMILES string of the molecule is CCNc1ccc([N+](=O)[O-])c(N(C)Cc2ccc(Cl)s2)n1. The Balaban J connectivity index is 2.30. The molecular weight excluding hydrogens is 312 g/mol. The highest BCUT2D eigenvalue weighted by Crippen LogP contribution is 2.29. The molecule has 2 heterocycles. The highest BCUT2D eigenvalue weighted by molar-refractivity contribution is 7.16. The van der Waals surface area contributed by atoms with Gasteiger partial charge in [-0.15, -0.1) is 11.3 Å². The van der Waals surface area contributed by atoms with Crippen LogP contribution in [0, 0.1) is 10.1 Å². The van der Waals surface area contributed by atoms with Gasteiger partial charge < -0.3 is 10.2 Å². The highest BCUT2D eigenvalue weighted by atomic mass is 35.5. The zero-order chi connectivity index (χ0) is 15.4. The normalized spacial score (nSPS) is 10.4. The minimum atomic E-state index is -0.421. The second-order valence-electron chi connectivity index (χ2n) is 4.39. The Bertz CT molecular complexity index is 647. The molecule has 0 radical (unpaired) electrons. The first-order chi connectivity index (χ1) is 10.0. The number of halogens is 1. The van der Waals surface area contributed by atoms with Crippen LogP contribution in [-0.4, -0.2) is 23.5 Å². The quantitative estimate of drug-likeness (QED) is 0.646. The molecule has 2 rings (SSSR count). The second-order valence-corrected chi connectivity index (χ2v) is 6.19. The van der Waals surface area contributed by atoms with Crippen LogP contribution in [0.15, 0.2) is 24.3 Å². The smallest absolute Gasteiger partial charge is 0.311 e. The van der Waals surface area contributed by atoms with E-state index in [1.165, 1.54) is 17.4 Å². The fraction of sp³-hybridized carbons (Fsp3) is 0.308. The average molecular weight is 327 g/mol. The van der Waals surface area contributed by atoms with Crippen molar-refractivity contribution in [3.8, 4) is 0 Å². The van der Waals surface area contributed by atoms with E-state index in [-0.39, 0.29) is 5.69 Å². The van der Waals surface area contributed by atoms with Crippen LogP contribution in [0.5, 0.6) is 0 Å². The van der Waals surface area contributed by atoms with Gasteiger partial charge in [-0.25, -0.2) is 4.98 Å². The van der Waals surface area contributed by atoms with Crippen LogP contribution in [-0.2, 0) is 6.54 Å². The van der Waals surface area contributed by atoms with Crippen molar-refractivity contribution >= 4 is 40.3 Å². The van der Waals surface area contributed by atoms with Gasteiger partial charge in [0.25, 0.3) is 0 Å². The fourth-order valence-corrected chi connectivity index (χ4v) is 3.03. The number of hydrogen-bond donors (Lipinski definition) is 1. The van der Waals surface area contributed by atoms with Crippen molar-refractivity contribution in [1.29, 1.82) is 0 Å². The Morgan fingerprint density at radius 3 is 2.76 bits per heavy atom. The Labute approximate surface area is 131 Å². The highest BCUT2D eigenvalue weighted by Gasteiger charge is 2.20. The van der Waals surface area contributed by atoms with E-state index in [0.717, 1.165) is 4.88 Å². The summed E-state index contributed by atoms with van der Waals surface area (Å²) in [6.07, 6.45) is 0. The molecule has 21 heavy (non-hydrogen) atoms. The summed E-state index contributed by atoms with van der Waals surface area (Å²) in [5.41, 5.74) is -0.0122. The molecule has 0 spiro atoms. The first-order valence-electron chi connectivity index (χ1n) is 6.36. The number of aromatic nitrogens is 1. The van der Waals surface area contributed by atoms with Crippen molar-refractivity contribution in [3.05, 3.63) is 43.6 Å². The maximum atomic E-state index is 11.2. The molecule has 2 aromatic heterocycles. The van der Waals surface area contributed by atoms with Gasteiger partial charge in [-0.3, -0.25) is 10.1 Å². The summed E-state index contributed by atoms with van der Waals surface area (Å²) in [5, 5.41) is 14.2. The van der Waals surface area contributed by atoms with Gasteiger partial charge >= 0.3 is 5.69 Å². The van der Waals surface area contributed by atoms with Crippen molar-refractivity contribution in [2.75, 3.05) is 23.8 Å². The lowest BCUT2D eigenvalue weighted by molar-refractivity contribution is -0.384. The lowest BCUT2D eigenvalue weighted by Gasteiger charge is -2.18. The topological polar surface area (TPSA) is 71.3 Å². The second kappa shape index (κ2) is 6.73. The summed E-state index contributed by atoms with van der Waals surface area (Å²) in [5.74, 6) is 0.956. The van der Waals surface area contributed by atoms with E-state index in [1.54, 1.807) is 18.0 Å². The molecule has 112 valence electrons. The lowest BCUT2D eigenvalue weighted by Crippen LogP contribution is -2.19. The van der Waals surface area contributed by atoms with Crippen LogP contribution >= 0.6 is 22.9 Å². The summed E-state index contributed by atoms with van der Waals surface area (Å²) >= 11 is 7.35. The maximum absolute atomic E-state index is 11.2. The molecule has 6 nitrogen and oxygen atoms in total. The van der Waals surface area contributed by atoms with Crippen LogP contribution in [0.3, 0.4) is 0 Å². The van der Waals surface area contributed by atoms with E-state index in [1.807, 2.05) is 19.1 Å². The summed E-state index contributed by atoms with van der Waals surface area (Å²) in [4.78, 5) is 17.8. The number of nitro groups is 1.